The van der Waals surface area contributed by atoms with Crippen LogP contribution in [-0.4, -0.2) is 16.8 Å². The monoisotopic (exact) mass is 307 g/mol. The third-order valence-electron chi connectivity index (χ3n) is 2.58. The van der Waals surface area contributed by atoms with Crippen molar-refractivity contribution in [3.63, 3.8) is 0 Å². The Morgan fingerprint density at radius 2 is 1.95 bits per heavy atom. The molecule has 0 saturated heterocycles. The van der Waals surface area contributed by atoms with Crippen molar-refractivity contribution in [1.29, 1.82) is 0 Å². The Morgan fingerprint density at radius 1 is 1.20 bits per heavy atom. The lowest BCUT2D eigenvalue weighted by Gasteiger charge is -2.06. The number of nitrogens with one attached hydrogen (secondary N) is 1. The maximum atomic E-state index is 11.8. The third kappa shape index (κ3) is 4.56. The SMILES string of the molecule is O=C(CSc1ccc(CO)cc1)Nc1cccc(Cl)c1. The second-order valence-corrected chi connectivity index (χ2v) is 5.63. The highest BCUT2D eigenvalue weighted by molar-refractivity contribution is 8.00. The van der Waals surface area contributed by atoms with Crippen LogP contribution in [0.1, 0.15) is 5.56 Å². The van der Waals surface area contributed by atoms with Gasteiger partial charge in [-0.15, -0.1) is 11.8 Å². The summed E-state index contributed by atoms with van der Waals surface area (Å²) >= 11 is 7.30. The largest absolute Gasteiger partial charge is 0.392 e. The molecular formula is C15H14ClNO2S. The molecule has 1 amide bonds. The standard InChI is InChI=1S/C15H14ClNO2S/c16-12-2-1-3-13(8-12)17-15(19)10-20-14-6-4-11(9-18)5-7-14/h1-8,18H,9-10H2,(H,17,19). The molecule has 5 heteroatoms. The minimum atomic E-state index is -0.0801. The summed E-state index contributed by atoms with van der Waals surface area (Å²) in [5, 5.41) is 12.3. The molecule has 0 atom stereocenters. The van der Waals surface area contributed by atoms with Crippen molar-refractivity contribution in [3.05, 3.63) is 59.1 Å². The Bertz CT molecular complexity index is 587. The molecule has 2 rings (SSSR count). The Hall–Kier alpha value is -1.49. The molecular weight excluding hydrogens is 294 g/mol. The average Bonchev–Trinajstić information content (AvgIpc) is 2.46. The fourth-order valence-corrected chi connectivity index (χ4v) is 2.49. The van der Waals surface area contributed by atoms with Gasteiger partial charge in [0.1, 0.15) is 0 Å². The number of rotatable bonds is 5. The Morgan fingerprint density at radius 3 is 2.60 bits per heavy atom. The zero-order valence-electron chi connectivity index (χ0n) is 10.7. The van der Waals surface area contributed by atoms with Gasteiger partial charge >= 0.3 is 0 Å². The molecule has 0 heterocycles. The van der Waals surface area contributed by atoms with E-state index in [9.17, 15) is 4.79 Å². The lowest BCUT2D eigenvalue weighted by atomic mass is 10.2. The predicted octanol–water partition coefficient (Wildman–Crippen LogP) is 3.56. The van der Waals surface area contributed by atoms with Crippen LogP contribution in [0, 0.1) is 0 Å². The van der Waals surface area contributed by atoms with Gasteiger partial charge in [-0.1, -0.05) is 29.8 Å². The van der Waals surface area contributed by atoms with Gasteiger partial charge in [0.15, 0.2) is 0 Å². The van der Waals surface area contributed by atoms with Gasteiger partial charge in [-0.2, -0.15) is 0 Å². The number of hydrogen-bond acceptors (Lipinski definition) is 3. The molecule has 20 heavy (non-hydrogen) atoms. The molecule has 104 valence electrons. The number of aliphatic hydroxyl groups excluding tert-OH is 1. The van der Waals surface area contributed by atoms with Crippen LogP contribution in [0.2, 0.25) is 5.02 Å². The molecule has 0 aliphatic carbocycles. The van der Waals surface area contributed by atoms with E-state index in [2.05, 4.69) is 5.32 Å². The van der Waals surface area contributed by atoms with Crippen LogP contribution in [0.4, 0.5) is 5.69 Å². The van der Waals surface area contributed by atoms with Gasteiger partial charge in [-0.25, -0.2) is 0 Å². The quantitative estimate of drug-likeness (QED) is 0.830. The van der Waals surface area contributed by atoms with Crippen LogP contribution in [0.15, 0.2) is 53.4 Å². The van der Waals surface area contributed by atoms with Gasteiger partial charge in [0.25, 0.3) is 0 Å². The molecule has 0 fully saturated rings. The number of anilines is 1. The number of hydrogen-bond donors (Lipinski definition) is 2. The van der Waals surface area contributed by atoms with Crippen molar-refractivity contribution in [3.8, 4) is 0 Å². The minimum absolute atomic E-state index is 0.0280. The van der Waals surface area contributed by atoms with Crippen molar-refractivity contribution < 1.29 is 9.90 Å². The summed E-state index contributed by atoms with van der Waals surface area (Å²) in [6.07, 6.45) is 0. The first-order valence-corrected chi connectivity index (χ1v) is 7.42. The molecule has 0 unspecified atom stereocenters. The number of thioether (sulfide) groups is 1. The van der Waals surface area contributed by atoms with Crippen LogP contribution < -0.4 is 5.32 Å². The number of amides is 1. The molecule has 3 nitrogen and oxygen atoms in total. The fraction of sp³-hybridized carbons (Fsp3) is 0.133. The van der Waals surface area contributed by atoms with E-state index >= 15 is 0 Å². The lowest BCUT2D eigenvalue weighted by Crippen LogP contribution is -2.13. The molecule has 0 aliphatic rings. The first-order valence-electron chi connectivity index (χ1n) is 6.05. The van der Waals surface area contributed by atoms with Gasteiger partial charge in [0.05, 0.1) is 12.4 Å². The molecule has 0 radical (unpaired) electrons. The van der Waals surface area contributed by atoms with E-state index < -0.39 is 0 Å². The molecule has 2 aromatic rings. The smallest absolute Gasteiger partial charge is 0.234 e. The molecule has 2 aromatic carbocycles. The van der Waals surface area contributed by atoms with Gasteiger partial charge in [0.2, 0.25) is 5.91 Å². The summed E-state index contributed by atoms with van der Waals surface area (Å²) in [6, 6.07) is 14.5. The van der Waals surface area contributed by atoms with Gasteiger partial charge < -0.3 is 10.4 Å². The molecule has 0 aromatic heterocycles. The third-order valence-corrected chi connectivity index (χ3v) is 3.83. The molecule has 0 bridgehead atoms. The number of carbonyl (C=O) groups excluding carboxylic acids is 1. The van der Waals surface area contributed by atoms with E-state index in [1.165, 1.54) is 11.8 Å². The number of benzene rings is 2. The summed E-state index contributed by atoms with van der Waals surface area (Å²) in [6.45, 7) is 0.0280. The van der Waals surface area contributed by atoms with Crippen LogP contribution in [-0.2, 0) is 11.4 Å². The fourth-order valence-electron chi connectivity index (χ4n) is 1.60. The lowest BCUT2D eigenvalue weighted by molar-refractivity contribution is -0.113. The first-order chi connectivity index (χ1) is 9.67. The van der Waals surface area contributed by atoms with Gasteiger partial charge in [-0.3, -0.25) is 4.79 Å². The number of halogens is 1. The normalized spacial score (nSPS) is 10.3. The summed E-state index contributed by atoms with van der Waals surface area (Å²) < 4.78 is 0. The summed E-state index contributed by atoms with van der Waals surface area (Å²) in [5.74, 6) is 0.244. The van der Waals surface area contributed by atoms with Gasteiger partial charge in [-0.05, 0) is 35.9 Å². The number of carbonyl (C=O) groups is 1. The van der Waals surface area contributed by atoms with Crippen LogP contribution >= 0.6 is 23.4 Å². The van der Waals surface area contributed by atoms with E-state index in [4.69, 9.17) is 16.7 Å². The highest BCUT2D eigenvalue weighted by Gasteiger charge is 2.04. The summed E-state index contributed by atoms with van der Waals surface area (Å²) in [5.41, 5.74) is 1.55. The molecule has 2 N–H and O–H groups in total. The zero-order valence-corrected chi connectivity index (χ0v) is 12.2. The second-order valence-electron chi connectivity index (χ2n) is 4.15. The highest BCUT2D eigenvalue weighted by Crippen LogP contribution is 2.20. The highest BCUT2D eigenvalue weighted by atomic mass is 35.5. The Kier molecular flexibility index (Phi) is 5.47. The van der Waals surface area contributed by atoms with Crippen molar-refractivity contribution >= 4 is 35.0 Å². The van der Waals surface area contributed by atoms with Crippen LogP contribution in [0.5, 0.6) is 0 Å². The maximum Gasteiger partial charge on any atom is 0.234 e. The first kappa shape index (κ1) is 14.9. The molecule has 0 aliphatic heterocycles. The second kappa shape index (κ2) is 7.33. The van der Waals surface area contributed by atoms with Gasteiger partial charge in [0, 0.05) is 15.6 Å². The van der Waals surface area contributed by atoms with Crippen LogP contribution in [0.3, 0.4) is 0 Å². The maximum absolute atomic E-state index is 11.8. The average molecular weight is 308 g/mol. The molecule has 0 saturated carbocycles. The van der Waals surface area contributed by atoms with Crippen molar-refractivity contribution in [2.24, 2.45) is 0 Å². The Balaban J connectivity index is 1.85. The van der Waals surface area contributed by atoms with E-state index in [-0.39, 0.29) is 12.5 Å². The van der Waals surface area contributed by atoms with Crippen LogP contribution in [0.25, 0.3) is 0 Å². The van der Waals surface area contributed by atoms with Crippen molar-refractivity contribution in [2.75, 3.05) is 11.1 Å². The van der Waals surface area contributed by atoms with E-state index in [1.807, 2.05) is 24.3 Å². The molecule has 0 spiro atoms. The summed E-state index contributed by atoms with van der Waals surface area (Å²) in [4.78, 5) is 12.8. The number of aliphatic hydroxyl groups is 1. The van der Waals surface area contributed by atoms with E-state index in [0.29, 0.717) is 16.5 Å². The van der Waals surface area contributed by atoms with E-state index in [0.717, 1.165) is 10.5 Å². The van der Waals surface area contributed by atoms with Crippen molar-refractivity contribution in [1.82, 2.24) is 0 Å². The summed E-state index contributed by atoms with van der Waals surface area (Å²) in [7, 11) is 0. The van der Waals surface area contributed by atoms with Crippen molar-refractivity contribution in [2.45, 2.75) is 11.5 Å². The topological polar surface area (TPSA) is 49.3 Å². The predicted molar refractivity (Wildman–Crippen MR) is 83.2 cm³/mol. The minimum Gasteiger partial charge on any atom is -0.392 e. The Labute approximate surface area is 127 Å². The van der Waals surface area contributed by atoms with E-state index in [1.54, 1.807) is 24.3 Å². The zero-order chi connectivity index (χ0) is 14.4.